The zero-order valence-electron chi connectivity index (χ0n) is 13.0. The lowest BCUT2D eigenvalue weighted by Crippen LogP contribution is -2.28. The fourth-order valence-electron chi connectivity index (χ4n) is 2.72. The summed E-state index contributed by atoms with van der Waals surface area (Å²) in [5.41, 5.74) is 0.833. The molecule has 5 heteroatoms. The van der Waals surface area contributed by atoms with Gasteiger partial charge in [0.2, 0.25) is 5.91 Å². The highest BCUT2D eigenvalue weighted by atomic mass is 16.1. The second-order valence-electron chi connectivity index (χ2n) is 5.80. The number of benzene rings is 1. The average Bonchev–Trinajstić information content (AvgIpc) is 3.22. The van der Waals surface area contributed by atoms with Gasteiger partial charge in [-0.2, -0.15) is 10.2 Å². The summed E-state index contributed by atoms with van der Waals surface area (Å²) < 4.78 is 2.11. The molecule has 1 aliphatic heterocycles. The number of amides is 1. The summed E-state index contributed by atoms with van der Waals surface area (Å²) in [6.07, 6.45) is 9.92. The van der Waals surface area contributed by atoms with Crippen molar-refractivity contribution >= 4 is 16.8 Å². The molecule has 0 atom stereocenters. The predicted molar refractivity (Wildman–Crippen MR) is 89.8 cm³/mol. The zero-order chi connectivity index (χ0) is 16.1. The van der Waals surface area contributed by atoms with Crippen molar-refractivity contribution in [3.05, 3.63) is 36.5 Å². The minimum absolute atomic E-state index is 0.0514. The SMILES string of the molecule is C#CCCC1(CCNC(=O)CCn2ccc3ccccc32)N=N1. The van der Waals surface area contributed by atoms with E-state index in [2.05, 4.69) is 44.2 Å². The van der Waals surface area contributed by atoms with E-state index >= 15 is 0 Å². The fourth-order valence-corrected chi connectivity index (χ4v) is 2.72. The van der Waals surface area contributed by atoms with Crippen LogP contribution in [0.2, 0.25) is 0 Å². The molecule has 1 amide bonds. The largest absolute Gasteiger partial charge is 0.356 e. The van der Waals surface area contributed by atoms with Gasteiger partial charge in [0.15, 0.2) is 5.66 Å². The lowest BCUT2D eigenvalue weighted by Gasteiger charge is -2.10. The summed E-state index contributed by atoms with van der Waals surface area (Å²) in [4.78, 5) is 12.0. The summed E-state index contributed by atoms with van der Waals surface area (Å²) in [5, 5.41) is 12.3. The van der Waals surface area contributed by atoms with Crippen LogP contribution in [0.5, 0.6) is 0 Å². The molecule has 0 fully saturated rings. The second-order valence-corrected chi connectivity index (χ2v) is 5.80. The van der Waals surface area contributed by atoms with Gasteiger partial charge in [-0.25, -0.2) is 0 Å². The standard InChI is InChI=1S/C18H20N4O/c1-2-3-10-18(20-21-18)11-12-19-17(23)9-14-22-13-8-15-6-4-5-7-16(15)22/h1,4-8,13H,3,9-12,14H2,(H,19,23). The number of para-hydroxylation sites is 1. The maximum absolute atomic E-state index is 12.0. The molecule has 118 valence electrons. The summed E-state index contributed by atoms with van der Waals surface area (Å²) in [5.74, 6) is 2.65. The first kappa shape index (κ1) is 15.3. The van der Waals surface area contributed by atoms with Crippen LogP contribution in [0.3, 0.4) is 0 Å². The van der Waals surface area contributed by atoms with Crippen LogP contribution in [0.4, 0.5) is 0 Å². The molecule has 0 bridgehead atoms. The summed E-state index contributed by atoms with van der Waals surface area (Å²) in [7, 11) is 0. The van der Waals surface area contributed by atoms with Crippen molar-refractivity contribution in [1.29, 1.82) is 0 Å². The van der Waals surface area contributed by atoms with Crippen LogP contribution in [-0.2, 0) is 11.3 Å². The van der Waals surface area contributed by atoms with Gasteiger partial charge in [0, 0.05) is 50.5 Å². The third-order valence-corrected chi connectivity index (χ3v) is 4.16. The van der Waals surface area contributed by atoms with Crippen LogP contribution in [0, 0.1) is 12.3 Å². The van der Waals surface area contributed by atoms with Crippen molar-refractivity contribution in [3.8, 4) is 12.3 Å². The third-order valence-electron chi connectivity index (χ3n) is 4.16. The molecule has 0 aliphatic carbocycles. The molecule has 2 aromatic rings. The van der Waals surface area contributed by atoms with Gasteiger partial charge in [-0.3, -0.25) is 4.79 Å². The monoisotopic (exact) mass is 308 g/mol. The number of aromatic nitrogens is 1. The van der Waals surface area contributed by atoms with E-state index in [-0.39, 0.29) is 11.6 Å². The first-order valence-electron chi connectivity index (χ1n) is 7.91. The van der Waals surface area contributed by atoms with E-state index in [0.717, 1.165) is 18.4 Å². The van der Waals surface area contributed by atoms with Crippen LogP contribution in [0.25, 0.3) is 10.9 Å². The van der Waals surface area contributed by atoms with E-state index in [1.165, 1.54) is 5.39 Å². The van der Waals surface area contributed by atoms with Crippen LogP contribution in [0.15, 0.2) is 46.8 Å². The minimum atomic E-state index is -0.323. The Balaban J connectivity index is 1.41. The molecule has 0 saturated heterocycles. The lowest BCUT2D eigenvalue weighted by atomic mass is 10.0. The second kappa shape index (κ2) is 6.66. The van der Waals surface area contributed by atoms with E-state index < -0.39 is 0 Å². The Morgan fingerprint density at radius 3 is 2.87 bits per heavy atom. The molecule has 23 heavy (non-hydrogen) atoms. The Hall–Kier alpha value is -2.61. The molecule has 0 unspecified atom stereocenters. The molecular formula is C18H20N4O. The van der Waals surface area contributed by atoms with E-state index in [4.69, 9.17) is 6.42 Å². The van der Waals surface area contributed by atoms with E-state index in [1.807, 2.05) is 18.3 Å². The summed E-state index contributed by atoms with van der Waals surface area (Å²) >= 11 is 0. The van der Waals surface area contributed by atoms with Crippen LogP contribution in [0.1, 0.15) is 25.7 Å². The highest BCUT2D eigenvalue weighted by molar-refractivity contribution is 5.80. The van der Waals surface area contributed by atoms with Crippen molar-refractivity contribution in [1.82, 2.24) is 9.88 Å². The van der Waals surface area contributed by atoms with Crippen LogP contribution < -0.4 is 5.32 Å². The Bertz CT molecular complexity index is 763. The first-order valence-corrected chi connectivity index (χ1v) is 7.91. The topological polar surface area (TPSA) is 58.8 Å². The van der Waals surface area contributed by atoms with Gasteiger partial charge in [-0.15, -0.1) is 12.3 Å². The molecule has 1 aromatic heterocycles. The Morgan fingerprint density at radius 1 is 1.26 bits per heavy atom. The smallest absolute Gasteiger partial charge is 0.221 e. The fraction of sp³-hybridized carbons (Fsp3) is 0.389. The predicted octanol–water partition coefficient (Wildman–Crippen LogP) is 3.11. The number of rotatable bonds is 8. The van der Waals surface area contributed by atoms with Gasteiger partial charge >= 0.3 is 0 Å². The van der Waals surface area contributed by atoms with Gasteiger partial charge in [0.1, 0.15) is 0 Å². The number of carbonyl (C=O) groups excluding carboxylic acids is 1. The highest BCUT2D eigenvalue weighted by Crippen LogP contribution is 2.35. The van der Waals surface area contributed by atoms with Crippen molar-refractivity contribution in [2.24, 2.45) is 10.2 Å². The summed E-state index contributed by atoms with van der Waals surface area (Å²) in [6.45, 7) is 1.26. The molecular weight excluding hydrogens is 288 g/mol. The summed E-state index contributed by atoms with van der Waals surface area (Å²) in [6, 6.07) is 10.2. The number of terminal acetylenes is 1. The molecule has 1 aliphatic rings. The molecule has 3 rings (SSSR count). The van der Waals surface area contributed by atoms with Crippen molar-refractivity contribution in [3.63, 3.8) is 0 Å². The highest BCUT2D eigenvalue weighted by Gasteiger charge is 2.38. The Labute approximate surface area is 135 Å². The molecule has 1 aromatic carbocycles. The normalized spacial score (nSPS) is 14.6. The van der Waals surface area contributed by atoms with Gasteiger partial charge in [-0.05, 0) is 17.5 Å². The molecule has 0 saturated carbocycles. The van der Waals surface area contributed by atoms with Crippen LogP contribution >= 0.6 is 0 Å². The third kappa shape index (κ3) is 3.78. The quantitative estimate of drug-likeness (QED) is 0.748. The molecule has 5 nitrogen and oxygen atoms in total. The molecule has 2 heterocycles. The number of hydrogen-bond donors (Lipinski definition) is 1. The van der Waals surface area contributed by atoms with Gasteiger partial charge in [-0.1, -0.05) is 18.2 Å². The number of nitrogens with zero attached hydrogens (tertiary/aromatic N) is 3. The number of nitrogens with one attached hydrogen (secondary N) is 1. The van der Waals surface area contributed by atoms with E-state index in [1.54, 1.807) is 0 Å². The zero-order valence-corrected chi connectivity index (χ0v) is 13.0. The molecule has 0 radical (unpaired) electrons. The number of aryl methyl sites for hydroxylation is 1. The van der Waals surface area contributed by atoms with Crippen molar-refractivity contribution < 1.29 is 4.79 Å². The maximum atomic E-state index is 12.0. The lowest BCUT2D eigenvalue weighted by molar-refractivity contribution is -0.121. The van der Waals surface area contributed by atoms with Crippen LogP contribution in [-0.4, -0.2) is 22.7 Å². The van der Waals surface area contributed by atoms with Gasteiger partial charge in [0.05, 0.1) is 0 Å². The van der Waals surface area contributed by atoms with Crippen molar-refractivity contribution in [2.45, 2.75) is 37.9 Å². The number of fused-ring (bicyclic) bond motifs is 1. The Kier molecular flexibility index (Phi) is 4.42. The van der Waals surface area contributed by atoms with Gasteiger partial charge in [0.25, 0.3) is 0 Å². The Morgan fingerprint density at radius 2 is 2.09 bits per heavy atom. The minimum Gasteiger partial charge on any atom is -0.356 e. The first-order chi connectivity index (χ1) is 11.2. The van der Waals surface area contributed by atoms with Gasteiger partial charge < -0.3 is 9.88 Å². The number of carbonyl (C=O) groups is 1. The van der Waals surface area contributed by atoms with E-state index in [0.29, 0.717) is 25.9 Å². The number of hydrogen-bond acceptors (Lipinski definition) is 3. The molecule has 0 spiro atoms. The average molecular weight is 308 g/mol. The van der Waals surface area contributed by atoms with E-state index in [9.17, 15) is 4.79 Å². The maximum Gasteiger partial charge on any atom is 0.221 e. The van der Waals surface area contributed by atoms with Crippen molar-refractivity contribution in [2.75, 3.05) is 6.54 Å². The molecule has 1 N–H and O–H groups in total.